The van der Waals surface area contributed by atoms with Crippen LogP contribution in [0, 0.1) is 5.92 Å². The van der Waals surface area contributed by atoms with E-state index in [-0.39, 0.29) is 36.6 Å². The lowest BCUT2D eigenvalue weighted by atomic mass is 9.88. The van der Waals surface area contributed by atoms with E-state index in [9.17, 15) is 9.59 Å². The maximum absolute atomic E-state index is 13.0. The first-order chi connectivity index (χ1) is 14.9. The number of rotatable bonds is 6. The van der Waals surface area contributed by atoms with Crippen LogP contribution in [0.4, 0.5) is 0 Å². The van der Waals surface area contributed by atoms with Crippen LogP contribution in [0.5, 0.6) is 0 Å². The van der Waals surface area contributed by atoms with Crippen LogP contribution < -0.4 is 11.1 Å². The molecule has 4 rings (SSSR count). The van der Waals surface area contributed by atoms with E-state index in [1.807, 2.05) is 12.3 Å². The number of carbonyl (C=O) groups is 2. The minimum Gasteiger partial charge on any atom is -0.354 e. The number of amides is 2. The highest BCUT2D eigenvalue weighted by Crippen LogP contribution is 2.25. The van der Waals surface area contributed by atoms with Gasteiger partial charge in [-0.15, -0.1) is 24.8 Å². The Labute approximate surface area is 216 Å². The van der Waals surface area contributed by atoms with Gasteiger partial charge in [0, 0.05) is 19.3 Å². The van der Waals surface area contributed by atoms with Crippen LogP contribution in [0.3, 0.4) is 0 Å². The smallest absolute Gasteiger partial charge is 0.242 e. The lowest BCUT2D eigenvalue weighted by molar-refractivity contribution is -0.139. The van der Waals surface area contributed by atoms with Gasteiger partial charge in [0.05, 0.1) is 21.8 Å². The van der Waals surface area contributed by atoms with Gasteiger partial charge in [-0.1, -0.05) is 29.3 Å². The Morgan fingerprint density at radius 1 is 1.24 bits per heavy atom. The number of aromatic nitrogens is 2. The zero-order valence-corrected chi connectivity index (χ0v) is 21.2. The lowest BCUT2D eigenvalue weighted by Gasteiger charge is -2.28. The summed E-state index contributed by atoms with van der Waals surface area (Å²) in [6, 6.07) is 4.04. The van der Waals surface area contributed by atoms with E-state index in [1.54, 1.807) is 17.0 Å². The minimum atomic E-state index is -0.733. The van der Waals surface area contributed by atoms with Gasteiger partial charge in [-0.05, 0) is 67.7 Å². The van der Waals surface area contributed by atoms with Crippen LogP contribution >= 0.6 is 48.0 Å². The molecule has 182 valence electrons. The molecule has 4 N–H and O–H groups in total. The normalized spacial score (nSPS) is 20.3. The summed E-state index contributed by atoms with van der Waals surface area (Å²) in [6.45, 7) is 1.16. The van der Waals surface area contributed by atoms with Crippen molar-refractivity contribution < 1.29 is 9.59 Å². The number of nitrogens with one attached hydrogen (secondary N) is 2. The third kappa shape index (κ3) is 6.55. The summed E-state index contributed by atoms with van der Waals surface area (Å²) in [4.78, 5) is 27.5. The summed E-state index contributed by atoms with van der Waals surface area (Å²) >= 11 is 12.0. The monoisotopic (exact) mass is 535 g/mol. The number of H-pyrrole nitrogens is 1. The fourth-order valence-electron chi connectivity index (χ4n) is 4.55. The first-order valence-electron chi connectivity index (χ1n) is 10.7. The van der Waals surface area contributed by atoms with Crippen molar-refractivity contribution in [1.82, 2.24) is 20.4 Å². The molecule has 0 radical (unpaired) electrons. The number of aromatic amines is 1. The Bertz CT molecular complexity index is 970. The molecular formula is C22H29Cl4N5O2. The summed E-state index contributed by atoms with van der Waals surface area (Å²) in [5, 5.41) is 11.1. The third-order valence-corrected chi connectivity index (χ3v) is 7.01. The molecule has 2 aliphatic rings. The highest BCUT2D eigenvalue weighted by Gasteiger charge is 2.36. The molecule has 3 atom stereocenters. The van der Waals surface area contributed by atoms with Gasteiger partial charge < -0.3 is 16.0 Å². The van der Waals surface area contributed by atoms with Crippen molar-refractivity contribution in [3.63, 3.8) is 0 Å². The number of fused-ring (bicyclic) bond motifs is 1. The van der Waals surface area contributed by atoms with E-state index in [0.29, 0.717) is 41.9 Å². The molecular weight excluding hydrogens is 508 g/mol. The fourth-order valence-corrected chi connectivity index (χ4v) is 4.87. The zero-order chi connectivity index (χ0) is 22.0. The van der Waals surface area contributed by atoms with Gasteiger partial charge >= 0.3 is 0 Å². The van der Waals surface area contributed by atoms with Crippen molar-refractivity contribution >= 4 is 59.8 Å². The van der Waals surface area contributed by atoms with E-state index in [2.05, 4.69) is 15.5 Å². The van der Waals surface area contributed by atoms with E-state index in [4.69, 9.17) is 28.9 Å². The summed E-state index contributed by atoms with van der Waals surface area (Å²) < 4.78 is 0. The molecule has 2 amide bonds. The second kappa shape index (κ2) is 12.3. The van der Waals surface area contributed by atoms with Crippen LogP contribution in [0.15, 0.2) is 24.4 Å². The molecule has 11 heteroatoms. The van der Waals surface area contributed by atoms with Gasteiger partial charge in [-0.25, -0.2) is 0 Å². The summed E-state index contributed by atoms with van der Waals surface area (Å²) in [5.41, 5.74) is 9.40. The number of likely N-dealkylation sites (tertiary alicyclic amines) is 1. The van der Waals surface area contributed by atoms with Crippen molar-refractivity contribution in [1.29, 1.82) is 0 Å². The second-order valence-electron chi connectivity index (χ2n) is 8.46. The predicted octanol–water partition coefficient (Wildman–Crippen LogP) is 3.34. The van der Waals surface area contributed by atoms with E-state index in [1.165, 1.54) is 5.56 Å². The van der Waals surface area contributed by atoms with Crippen molar-refractivity contribution in [2.24, 2.45) is 11.7 Å². The third-order valence-electron chi connectivity index (χ3n) is 6.27. The molecule has 0 saturated carbocycles. The van der Waals surface area contributed by atoms with Gasteiger partial charge in [0.1, 0.15) is 6.04 Å². The van der Waals surface area contributed by atoms with Crippen molar-refractivity contribution in [3.05, 3.63) is 51.3 Å². The van der Waals surface area contributed by atoms with E-state index in [0.717, 1.165) is 36.9 Å². The largest absolute Gasteiger partial charge is 0.354 e. The number of benzene rings is 1. The average molecular weight is 537 g/mol. The van der Waals surface area contributed by atoms with Crippen LogP contribution in [0.1, 0.15) is 36.1 Å². The number of halogens is 4. The maximum Gasteiger partial charge on any atom is 0.242 e. The first-order valence-corrected chi connectivity index (χ1v) is 11.5. The molecule has 1 aromatic heterocycles. The lowest BCUT2D eigenvalue weighted by Crippen LogP contribution is -2.52. The quantitative estimate of drug-likeness (QED) is 0.526. The Morgan fingerprint density at radius 3 is 2.79 bits per heavy atom. The van der Waals surface area contributed by atoms with Crippen molar-refractivity contribution in [2.45, 2.75) is 50.6 Å². The Kier molecular flexibility index (Phi) is 10.3. The topological polar surface area (TPSA) is 104 Å². The average Bonchev–Trinajstić information content (AvgIpc) is 3.43. The molecule has 1 unspecified atom stereocenters. The van der Waals surface area contributed by atoms with Gasteiger partial charge in [-0.2, -0.15) is 5.10 Å². The second-order valence-corrected chi connectivity index (χ2v) is 9.27. The molecule has 1 fully saturated rings. The van der Waals surface area contributed by atoms with Crippen molar-refractivity contribution in [2.75, 3.05) is 13.1 Å². The molecule has 1 aromatic carbocycles. The number of aryl methyl sites for hydroxylation is 1. The molecule has 7 nitrogen and oxygen atoms in total. The zero-order valence-electron chi connectivity index (χ0n) is 18.1. The molecule has 0 spiro atoms. The molecule has 1 saturated heterocycles. The van der Waals surface area contributed by atoms with E-state index < -0.39 is 12.1 Å². The maximum atomic E-state index is 13.0. The molecule has 33 heavy (non-hydrogen) atoms. The molecule has 2 aromatic rings. The van der Waals surface area contributed by atoms with Gasteiger partial charge in [0.2, 0.25) is 11.8 Å². The van der Waals surface area contributed by atoms with Gasteiger partial charge in [0.15, 0.2) is 0 Å². The van der Waals surface area contributed by atoms with Crippen LogP contribution in [0.2, 0.25) is 10.0 Å². The number of hydrogen-bond donors (Lipinski definition) is 3. The number of hydrogen-bond acceptors (Lipinski definition) is 4. The Hall–Kier alpha value is -1.51. The number of nitrogens with zero attached hydrogens (tertiary/aromatic N) is 2. The number of nitrogens with two attached hydrogens (primary N) is 1. The molecule has 0 bridgehead atoms. The minimum absolute atomic E-state index is 0. The van der Waals surface area contributed by atoms with Crippen LogP contribution in [-0.4, -0.2) is 52.1 Å². The SMILES string of the molecule is Cl.Cl.N[C@H](Cc1ccc(Cl)c(Cl)c1)C(=O)N1CCC[C@H]1C(=O)NCC1CCc2n[nH]cc2C1. The van der Waals surface area contributed by atoms with Crippen LogP contribution in [0.25, 0.3) is 0 Å². The summed E-state index contributed by atoms with van der Waals surface area (Å²) in [5.74, 6) is 0.0894. The summed E-state index contributed by atoms with van der Waals surface area (Å²) in [7, 11) is 0. The van der Waals surface area contributed by atoms with Gasteiger partial charge in [-0.3, -0.25) is 14.7 Å². The van der Waals surface area contributed by atoms with Gasteiger partial charge in [0.25, 0.3) is 0 Å². The predicted molar refractivity (Wildman–Crippen MR) is 134 cm³/mol. The van der Waals surface area contributed by atoms with Crippen LogP contribution in [-0.2, 0) is 28.9 Å². The standard InChI is InChI=1S/C22H27Cl2N5O2.2ClH/c23-16-5-3-13(9-17(16)24)10-18(25)22(31)29-7-1-2-20(29)21(30)26-11-14-4-6-19-15(8-14)12-27-28-19;;/h3,5,9,12,14,18,20H,1-2,4,6-8,10-11,25H2,(H,26,30)(H,27,28);2*1H/t14?,18-,20+;;/m1../s1. The first kappa shape index (κ1) is 27.7. The Balaban J connectivity index is 0.00000193. The van der Waals surface area contributed by atoms with E-state index >= 15 is 0 Å². The molecule has 1 aliphatic carbocycles. The summed E-state index contributed by atoms with van der Waals surface area (Å²) in [6.07, 6.45) is 6.58. The Morgan fingerprint density at radius 2 is 2.03 bits per heavy atom. The number of carbonyl (C=O) groups excluding carboxylic acids is 2. The highest BCUT2D eigenvalue weighted by atomic mass is 35.5. The molecule has 1 aliphatic heterocycles. The highest BCUT2D eigenvalue weighted by molar-refractivity contribution is 6.42. The fraction of sp³-hybridized carbons (Fsp3) is 0.500. The van der Waals surface area contributed by atoms with Crippen molar-refractivity contribution in [3.8, 4) is 0 Å². The molecule has 2 heterocycles.